The number of alkyl halides is 3. The lowest BCUT2D eigenvalue weighted by molar-refractivity contribution is -0.137. The fourth-order valence-corrected chi connectivity index (χ4v) is 3.41. The van der Waals surface area contributed by atoms with Crippen molar-refractivity contribution >= 4 is 27.3 Å². The van der Waals surface area contributed by atoms with Gasteiger partial charge < -0.3 is 5.32 Å². The monoisotopic (exact) mass is 349 g/mol. The summed E-state index contributed by atoms with van der Waals surface area (Å²) in [6.45, 7) is 0. The minimum absolute atomic E-state index is 0.237. The number of rotatable bonds is 3. The molecular formula is C13H11BrF3NS. The molecule has 2 aromatic rings. The van der Waals surface area contributed by atoms with Gasteiger partial charge in [0.05, 0.1) is 15.4 Å². The molecule has 1 aromatic heterocycles. The summed E-state index contributed by atoms with van der Waals surface area (Å²) in [5, 5.41) is 3.05. The Morgan fingerprint density at radius 2 is 1.95 bits per heavy atom. The number of thiophene rings is 1. The largest absolute Gasteiger partial charge is 0.416 e. The maximum atomic E-state index is 12.7. The van der Waals surface area contributed by atoms with Crippen LogP contribution in [0.2, 0.25) is 0 Å². The molecule has 1 N–H and O–H groups in total. The molecule has 1 atom stereocenters. The third kappa shape index (κ3) is 3.38. The lowest BCUT2D eigenvalue weighted by Crippen LogP contribution is -2.17. The van der Waals surface area contributed by atoms with Gasteiger partial charge in [0.25, 0.3) is 0 Å². The number of halogens is 4. The Bertz CT molecular complexity index is 565. The molecule has 0 aliphatic heterocycles. The molecule has 0 spiro atoms. The Kier molecular flexibility index (Phi) is 4.32. The molecule has 1 unspecified atom stereocenters. The molecule has 0 radical (unpaired) electrons. The van der Waals surface area contributed by atoms with E-state index in [1.165, 1.54) is 23.5 Å². The van der Waals surface area contributed by atoms with Gasteiger partial charge in [0.1, 0.15) is 0 Å². The van der Waals surface area contributed by atoms with Gasteiger partial charge in [-0.05, 0) is 52.8 Å². The van der Waals surface area contributed by atoms with E-state index >= 15 is 0 Å². The van der Waals surface area contributed by atoms with Crippen LogP contribution in [-0.4, -0.2) is 7.05 Å². The molecule has 0 saturated carbocycles. The Morgan fingerprint density at radius 3 is 2.47 bits per heavy atom. The molecule has 19 heavy (non-hydrogen) atoms. The summed E-state index contributed by atoms with van der Waals surface area (Å²) >= 11 is 4.86. The highest BCUT2D eigenvalue weighted by atomic mass is 79.9. The summed E-state index contributed by atoms with van der Waals surface area (Å²) in [7, 11) is 1.73. The van der Waals surface area contributed by atoms with Crippen molar-refractivity contribution in [3.05, 3.63) is 56.2 Å². The molecule has 102 valence electrons. The molecule has 6 heteroatoms. The van der Waals surface area contributed by atoms with Gasteiger partial charge >= 0.3 is 6.18 Å². The van der Waals surface area contributed by atoms with E-state index in [0.29, 0.717) is 5.56 Å². The molecule has 1 nitrogen and oxygen atoms in total. The Balaban J connectivity index is 2.39. The number of benzene rings is 1. The minimum Gasteiger partial charge on any atom is -0.309 e. The van der Waals surface area contributed by atoms with Gasteiger partial charge in [-0.2, -0.15) is 13.2 Å². The van der Waals surface area contributed by atoms with Crippen LogP contribution >= 0.6 is 27.3 Å². The molecule has 0 aliphatic rings. The molecule has 0 saturated heterocycles. The first kappa shape index (κ1) is 14.6. The van der Waals surface area contributed by atoms with Gasteiger partial charge in [-0.15, -0.1) is 11.3 Å². The van der Waals surface area contributed by atoms with E-state index in [4.69, 9.17) is 0 Å². The van der Waals surface area contributed by atoms with Crippen LogP contribution in [0.15, 0.2) is 40.2 Å². The summed E-state index contributed by atoms with van der Waals surface area (Å²) in [5.74, 6) is 0. The van der Waals surface area contributed by atoms with Crippen LogP contribution in [-0.2, 0) is 6.18 Å². The summed E-state index contributed by atoms with van der Waals surface area (Å²) in [5.41, 5.74) is -0.0208. The summed E-state index contributed by atoms with van der Waals surface area (Å²) in [6.07, 6.45) is -4.32. The molecule has 0 aliphatic carbocycles. The quantitative estimate of drug-likeness (QED) is 0.835. The van der Waals surface area contributed by atoms with E-state index in [-0.39, 0.29) is 6.04 Å². The summed E-state index contributed by atoms with van der Waals surface area (Å²) < 4.78 is 39.1. The van der Waals surface area contributed by atoms with Gasteiger partial charge in [-0.1, -0.05) is 12.1 Å². The van der Waals surface area contributed by atoms with Crippen LogP contribution < -0.4 is 5.32 Å². The Labute approximate surface area is 121 Å². The fraction of sp³-hybridized carbons (Fsp3) is 0.231. The lowest BCUT2D eigenvalue weighted by atomic mass is 10.0. The van der Waals surface area contributed by atoms with Crippen LogP contribution in [0.4, 0.5) is 13.2 Å². The van der Waals surface area contributed by atoms with Crippen molar-refractivity contribution in [2.45, 2.75) is 12.2 Å². The van der Waals surface area contributed by atoms with E-state index in [9.17, 15) is 13.2 Å². The zero-order valence-electron chi connectivity index (χ0n) is 9.96. The third-order valence-corrected chi connectivity index (χ3v) is 4.40. The zero-order valence-corrected chi connectivity index (χ0v) is 12.4. The number of nitrogens with one attached hydrogen (secondary N) is 1. The predicted molar refractivity (Wildman–Crippen MR) is 74.4 cm³/mol. The van der Waals surface area contributed by atoms with Crippen molar-refractivity contribution in [3.63, 3.8) is 0 Å². The first-order valence-electron chi connectivity index (χ1n) is 5.51. The van der Waals surface area contributed by atoms with Crippen molar-refractivity contribution in [3.8, 4) is 0 Å². The van der Waals surface area contributed by atoms with E-state index in [0.717, 1.165) is 14.7 Å². The highest BCUT2D eigenvalue weighted by molar-refractivity contribution is 9.11. The average Bonchev–Trinajstić information content (AvgIpc) is 2.76. The maximum absolute atomic E-state index is 12.7. The second-order valence-corrected chi connectivity index (χ2v) is 6.48. The number of hydrogen-bond donors (Lipinski definition) is 1. The Morgan fingerprint density at radius 1 is 1.21 bits per heavy atom. The van der Waals surface area contributed by atoms with Gasteiger partial charge in [-0.25, -0.2) is 0 Å². The predicted octanol–water partition coefficient (Wildman–Crippen LogP) is 4.84. The smallest absolute Gasteiger partial charge is 0.309 e. The van der Waals surface area contributed by atoms with Crippen LogP contribution in [0.25, 0.3) is 0 Å². The van der Waals surface area contributed by atoms with E-state index in [1.807, 2.05) is 12.1 Å². The molecule has 0 fully saturated rings. The second-order valence-electron chi connectivity index (χ2n) is 3.99. The van der Waals surface area contributed by atoms with Crippen molar-refractivity contribution in [2.75, 3.05) is 7.05 Å². The van der Waals surface area contributed by atoms with E-state index < -0.39 is 11.7 Å². The van der Waals surface area contributed by atoms with Gasteiger partial charge in [0.2, 0.25) is 0 Å². The maximum Gasteiger partial charge on any atom is 0.416 e. The topological polar surface area (TPSA) is 12.0 Å². The van der Waals surface area contributed by atoms with Crippen LogP contribution in [0.3, 0.4) is 0 Å². The highest BCUT2D eigenvalue weighted by Gasteiger charge is 2.31. The van der Waals surface area contributed by atoms with E-state index in [2.05, 4.69) is 21.2 Å². The summed E-state index contributed by atoms with van der Waals surface area (Å²) in [4.78, 5) is 0.966. The van der Waals surface area contributed by atoms with Crippen molar-refractivity contribution in [1.82, 2.24) is 5.32 Å². The summed E-state index contributed by atoms with van der Waals surface area (Å²) in [6, 6.07) is 8.96. The van der Waals surface area contributed by atoms with Crippen LogP contribution in [0.1, 0.15) is 22.0 Å². The fourth-order valence-electron chi connectivity index (χ4n) is 1.85. The molecular weight excluding hydrogens is 339 g/mol. The first-order chi connectivity index (χ1) is 8.91. The van der Waals surface area contributed by atoms with Crippen molar-refractivity contribution in [2.24, 2.45) is 0 Å². The normalized spacial score (nSPS) is 13.5. The Hall–Kier alpha value is -0.850. The average molecular weight is 350 g/mol. The third-order valence-electron chi connectivity index (χ3n) is 2.71. The SMILES string of the molecule is CNC(c1cccc(C(F)(F)F)c1)c1ccc(Br)s1. The van der Waals surface area contributed by atoms with Gasteiger partial charge in [0, 0.05) is 4.88 Å². The van der Waals surface area contributed by atoms with Crippen LogP contribution in [0.5, 0.6) is 0 Å². The molecule has 1 aromatic carbocycles. The standard InChI is InChI=1S/C13H11BrF3NS/c1-18-12(10-5-6-11(14)19-10)8-3-2-4-9(7-8)13(15,16)17/h2-7,12,18H,1H3. The van der Waals surface area contributed by atoms with Gasteiger partial charge in [-0.3, -0.25) is 0 Å². The van der Waals surface area contributed by atoms with Crippen LogP contribution in [0, 0.1) is 0 Å². The van der Waals surface area contributed by atoms with Gasteiger partial charge in [0.15, 0.2) is 0 Å². The molecule has 0 bridgehead atoms. The minimum atomic E-state index is -4.32. The van der Waals surface area contributed by atoms with E-state index in [1.54, 1.807) is 13.1 Å². The number of hydrogen-bond acceptors (Lipinski definition) is 2. The van der Waals surface area contributed by atoms with Crippen molar-refractivity contribution in [1.29, 1.82) is 0 Å². The molecule has 1 heterocycles. The first-order valence-corrected chi connectivity index (χ1v) is 7.12. The second kappa shape index (κ2) is 5.64. The molecule has 2 rings (SSSR count). The highest BCUT2D eigenvalue weighted by Crippen LogP contribution is 2.34. The lowest BCUT2D eigenvalue weighted by Gasteiger charge is -2.17. The van der Waals surface area contributed by atoms with Crippen molar-refractivity contribution < 1.29 is 13.2 Å². The molecule has 0 amide bonds. The zero-order chi connectivity index (χ0) is 14.0.